The Bertz CT molecular complexity index is 861. The van der Waals surface area contributed by atoms with E-state index in [0.717, 1.165) is 5.69 Å². The van der Waals surface area contributed by atoms with E-state index in [-0.39, 0.29) is 16.8 Å². The third-order valence-electron chi connectivity index (χ3n) is 3.31. The summed E-state index contributed by atoms with van der Waals surface area (Å²) >= 11 is 0. The van der Waals surface area contributed by atoms with Crippen LogP contribution in [0.3, 0.4) is 0 Å². The SMILES string of the molecule is Cc1cc(C(=O)O)c2cc(Nc3ccccc3)cc(O)c2n1. The van der Waals surface area contributed by atoms with Crippen molar-refractivity contribution < 1.29 is 15.0 Å². The van der Waals surface area contributed by atoms with Crippen LogP contribution < -0.4 is 5.32 Å². The van der Waals surface area contributed by atoms with Gasteiger partial charge in [-0.25, -0.2) is 9.78 Å². The maximum Gasteiger partial charge on any atom is 0.336 e. The van der Waals surface area contributed by atoms with Crippen molar-refractivity contribution in [3.8, 4) is 5.75 Å². The molecule has 3 N–H and O–H groups in total. The molecule has 0 aliphatic rings. The van der Waals surface area contributed by atoms with E-state index in [1.165, 1.54) is 12.1 Å². The summed E-state index contributed by atoms with van der Waals surface area (Å²) in [5.74, 6) is -1.10. The highest BCUT2D eigenvalue weighted by Gasteiger charge is 2.14. The Morgan fingerprint density at radius 1 is 1.09 bits per heavy atom. The molecular weight excluding hydrogens is 280 g/mol. The fourth-order valence-corrected chi connectivity index (χ4v) is 2.37. The molecule has 5 nitrogen and oxygen atoms in total. The van der Waals surface area contributed by atoms with Gasteiger partial charge < -0.3 is 15.5 Å². The molecule has 1 aromatic heterocycles. The number of phenols is 1. The summed E-state index contributed by atoms with van der Waals surface area (Å²) in [5.41, 5.74) is 2.40. The summed E-state index contributed by atoms with van der Waals surface area (Å²) in [7, 11) is 0. The van der Waals surface area contributed by atoms with Gasteiger partial charge in [0, 0.05) is 28.5 Å². The van der Waals surface area contributed by atoms with Gasteiger partial charge in [0.25, 0.3) is 0 Å². The second-order valence-electron chi connectivity index (χ2n) is 5.00. The summed E-state index contributed by atoms with van der Waals surface area (Å²) in [6, 6.07) is 14.1. The molecule has 0 aliphatic carbocycles. The van der Waals surface area contributed by atoms with Gasteiger partial charge in [-0.15, -0.1) is 0 Å². The number of carbonyl (C=O) groups is 1. The van der Waals surface area contributed by atoms with Crippen LogP contribution >= 0.6 is 0 Å². The first kappa shape index (κ1) is 13.9. The van der Waals surface area contributed by atoms with Gasteiger partial charge in [0.05, 0.1) is 5.56 Å². The molecule has 0 spiro atoms. The number of rotatable bonds is 3. The highest BCUT2D eigenvalue weighted by Crippen LogP contribution is 2.31. The molecule has 2 aromatic carbocycles. The Morgan fingerprint density at radius 3 is 2.50 bits per heavy atom. The zero-order chi connectivity index (χ0) is 15.7. The number of aromatic nitrogens is 1. The zero-order valence-corrected chi connectivity index (χ0v) is 11.9. The van der Waals surface area contributed by atoms with Crippen LogP contribution in [0.25, 0.3) is 10.9 Å². The van der Waals surface area contributed by atoms with Gasteiger partial charge in [0.1, 0.15) is 11.3 Å². The van der Waals surface area contributed by atoms with Gasteiger partial charge in [-0.05, 0) is 31.2 Å². The molecule has 110 valence electrons. The van der Waals surface area contributed by atoms with Crippen molar-refractivity contribution in [1.29, 1.82) is 0 Å². The van der Waals surface area contributed by atoms with E-state index in [2.05, 4.69) is 10.3 Å². The van der Waals surface area contributed by atoms with Crippen LogP contribution in [0.5, 0.6) is 5.75 Å². The number of carboxylic acids is 1. The maximum atomic E-state index is 11.4. The molecule has 22 heavy (non-hydrogen) atoms. The Hall–Kier alpha value is -3.08. The standard InChI is InChI=1S/C17H14N2O3/c1-10-7-14(17(21)22)13-8-12(9-15(20)16(13)18-10)19-11-5-3-2-4-6-11/h2-9,19-20H,1H3,(H,21,22). The van der Waals surface area contributed by atoms with Crippen molar-refractivity contribution in [2.24, 2.45) is 0 Å². The number of hydrogen-bond donors (Lipinski definition) is 3. The Labute approximate surface area is 126 Å². The van der Waals surface area contributed by atoms with Crippen molar-refractivity contribution in [2.75, 3.05) is 5.32 Å². The highest BCUT2D eigenvalue weighted by molar-refractivity contribution is 6.05. The molecule has 0 aliphatic heterocycles. The van der Waals surface area contributed by atoms with Crippen molar-refractivity contribution >= 4 is 28.2 Å². The van der Waals surface area contributed by atoms with E-state index < -0.39 is 5.97 Å². The van der Waals surface area contributed by atoms with Crippen LogP contribution in [-0.4, -0.2) is 21.2 Å². The second kappa shape index (κ2) is 5.37. The summed E-state index contributed by atoms with van der Waals surface area (Å²) in [6.45, 7) is 1.70. The van der Waals surface area contributed by atoms with Gasteiger partial charge in [-0.3, -0.25) is 0 Å². The Kier molecular flexibility index (Phi) is 3.39. The van der Waals surface area contributed by atoms with E-state index in [1.54, 1.807) is 13.0 Å². The number of hydrogen-bond acceptors (Lipinski definition) is 4. The highest BCUT2D eigenvalue weighted by atomic mass is 16.4. The van der Waals surface area contributed by atoms with Gasteiger partial charge in [0.15, 0.2) is 0 Å². The molecule has 3 aromatic rings. The smallest absolute Gasteiger partial charge is 0.336 e. The summed E-state index contributed by atoms with van der Waals surface area (Å²) in [4.78, 5) is 15.6. The Balaban J connectivity index is 2.16. The normalized spacial score (nSPS) is 10.6. The van der Waals surface area contributed by atoms with Crippen molar-refractivity contribution in [3.63, 3.8) is 0 Å². The topological polar surface area (TPSA) is 82.5 Å². The predicted molar refractivity (Wildman–Crippen MR) is 84.8 cm³/mol. The number of nitrogens with zero attached hydrogens (tertiary/aromatic N) is 1. The third-order valence-corrected chi connectivity index (χ3v) is 3.31. The monoisotopic (exact) mass is 294 g/mol. The van der Waals surface area contributed by atoms with Crippen molar-refractivity contribution in [3.05, 3.63) is 59.8 Å². The predicted octanol–water partition coefficient (Wildman–Crippen LogP) is 3.69. The third kappa shape index (κ3) is 2.56. The number of para-hydroxylation sites is 1. The number of aromatic hydroxyl groups is 1. The number of carboxylic acid groups (broad SMARTS) is 1. The molecule has 0 radical (unpaired) electrons. The lowest BCUT2D eigenvalue weighted by Crippen LogP contribution is -2.01. The first-order valence-corrected chi connectivity index (χ1v) is 6.74. The van der Waals surface area contributed by atoms with Crippen LogP contribution in [0, 0.1) is 6.92 Å². The van der Waals surface area contributed by atoms with E-state index >= 15 is 0 Å². The van der Waals surface area contributed by atoms with Crippen LogP contribution in [0.2, 0.25) is 0 Å². The number of nitrogens with one attached hydrogen (secondary N) is 1. The molecule has 3 rings (SSSR count). The summed E-state index contributed by atoms with van der Waals surface area (Å²) < 4.78 is 0. The maximum absolute atomic E-state index is 11.4. The molecular formula is C17H14N2O3. The Morgan fingerprint density at radius 2 is 1.82 bits per heavy atom. The van der Waals surface area contributed by atoms with Gasteiger partial charge in [0.2, 0.25) is 0 Å². The minimum atomic E-state index is -1.05. The lowest BCUT2D eigenvalue weighted by atomic mass is 10.1. The number of anilines is 2. The van der Waals surface area contributed by atoms with E-state index in [4.69, 9.17) is 0 Å². The molecule has 0 amide bonds. The summed E-state index contributed by atoms with van der Waals surface area (Å²) in [6.07, 6.45) is 0. The lowest BCUT2D eigenvalue weighted by Gasteiger charge is -2.11. The quantitative estimate of drug-likeness (QED) is 0.686. The number of pyridine rings is 1. The van der Waals surface area contributed by atoms with E-state index in [1.807, 2.05) is 30.3 Å². The van der Waals surface area contributed by atoms with E-state index in [9.17, 15) is 15.0 Å². The fourth-order valence-electron chi connectivity index (χ4n) is 2.37. The number of phenolic OH excluding ortho intramolecular Hbond substituents is 1. The molecule has 5 heteroatoms. The molecule has 0 unspecified atom stereocenters. The minimum absolute atomic E-state index is 0.0536. The van der Waals surface area contributed by atoms with E-state index in [0.29, 0.717) is 16.8 Å². The molecule has 1 heterocycles. The van der Waals surface area contributed by atoms with Crippen molar-refractivity contribution in [1.82, 2.24) is 4.98 Å². The summed E-state index contributed by atoms with van der Waals surface area (Å²) in [5, 5.41) is 23.1. The first-order valence-electron chi connectivity index (χ1n) is 6.74. The van der Waals surface area contributed by atoms with Crippen LogP contribution in [0.1, 0.15) is 16.1 Å². The van der Waals surface area contributed by atoms with Crippen LogP contribution in [0.15, 0.2) is 48.5 Å². The van der Waals surface area contributed by atoms with Gasteiger partial charge >= 0.3 is 5.97 Å². The molecule has 0 atom stereocenters. The zero-order valence-electron chi connectivity index (χ0n) is 11.9. The molecule has 0 saturated carbocycles. The fraction of sp³-hybridized carbons (Fsp3) is 0.0588. The second-order valence-corrected chi connectivity index (χ2v) is 5.00. The van der Waals surface area contributed by atoms with Crippen LogP contribution in [-0.2, 0) is 0 Å². The average molecular weight is 294 g/mol. The largest absolute Gasteiger partial charge is 0.506 e. The number of aryl methyl sites for hydroxylation is 1. The lowest BCUT2D eigenvalue weighted by molar-refractivity contribution is 0.0699. The van der Waals surface area contributed by atoms with Gasteiger partial charge in [-0.2, -0.15) is 0 Å². The number of benzene rings is 2. The minimum Gasteiger partial charge on any atom is -0.506 e. The van der Waals surface area contributed by atoms with Gasteiger partial charge in [-0.1, -0.05) is 18.2 Å². The average Bonchev–Trinajstić information content (AvgIpc) is 2.48. The van der Waals surface area contributed by atoms with Crippen LogP contribution in [0.4, 0.5) is 11.4 Å². The number of fused-ring (bicyclic) bond motifs is 1. The first-order chi connectivity index (χ1) is 10.5. The number of aromatic carboxylic acids is 1. The van der Waals surface area contributed by atoms with Crippen molar-refractivity contribution in [2.45, 2.75) is 6.92 Å². The molecule has 0 fully saturated rings. The molecule has 0 saturated heterocycles. The molecule has 0 bridgehead atoms.